The summed E-state index contributed by atoms with van der Waals surface area (Å²) in [5.41, 5.74) is 1.53. The third-order valence-corrected chi connectivity index (χ3v) is 4.90. The minimum Gasteiger partial charge on any atom is -0.351 e. The summed E-state index contributed by atoms with van der Waals surface area (Å²) in [4.78, 5) is 16.0. The van der Waals surface area contributed by atoms with Gasteiger partial charge in [-0.2, -0.15) is 4.31 Å². The molecule has 0 aliphatic rings. The number of nitrogens with zero attached hydrogens (tertiary/aromatic N) is 2. The highest BCUT2D eigenvalue weighted by Crippen LogP contribution is 2.14. The zero-order valence-electron chi connectivity index (χ0n) is 13.1. The Kier molecular flexibility index (Phi) is 6.30. The van der Waals surface area contributed by atoms with Gasteiger partial charge in [0.15, 0.2) is 0 Å². The fraction of sp³-hybridized carbons (Fsp3) is 0.250. The number of carbonyl (C=O) groups excluding carboxylic acids is 1. The number of hydrogen-bond acceptors (Lipinski definition) is 4. The molecule has 24 heavy (non-hydrogen) atoms. The molecule has 0 radical (unpaired) electrons. The second-order valence-corrected chi connectivity index (χ2v) is 7.64. The molecular formula is C16H18ClN3O3S. The van der Waals surface area contributed by atoms with E-state index >= 15 is 0 Å². The van der Waals surface area contributed by atoms with Crippen molar-refractivity contribution in [3.8, 4) is 0 Å². The van der Waals surface area contributed by atoms with Gasteiger partial charge in [0.25, 0.3) is 0 Å². The molecule has 8 heteroatoms. The van der Waals surface area contributed by atoms with Gasteiger partial charge in [-0.05, 0) is 29.3 Å². The van der Waals surface area contributed by atoms with Crippen molar-refractivity contribution in [2.45, 2.75) is 13.1 Å². The molecular weight excluding hydrogens is 350 g/mol. The first-order chi connectivity index (χ1) is 11.4. The van der Waals surface area contributed by atoms with Crippen LogP contribution in [0.3, 0.4) is 0 Å². The van der Waals surface area contributed by atoms with Crippen LogP contribution in [-0.2, 0) is 27.9 Å². The lowest BCUT2D eigenvalue weighted by Gasteiger charge is -2.19. The molecule has 6 nitrogen and oxygen atoms in total. The van der Waals surface area contributed by atoms with Gasteiger partial charge in [0.1, 0.15) is 0 Å². The van der Waals surface area contributed by atoms with E-state index in [1.807, 2.05) is 6.07 Å². The molecule has 0 fully saturated rings. The van der Waals surface area contributed by atoms with Crippen molar-refractivity contribution in [2.75, 3.05) is 12.8 Å². The van der Waals surface area contributed by atoms with Crippen molar-refractivity contribution in [3.05, 3.63) is 64.9 Å². The van der Waals surface area contributed by atoms with Crippen LogP contribution in [0.1, 0.15) is 11.1 Å². The minimum absolute atomic E-state index is 0.112. The lowest BCUT2D eigenvalue weighted by molar-refractivity contribution is -0.121. The van der Waals surface area contributed by atoms with E-state index < -0.39 is 15.9 Å². The van der Waals surface area contributed by atoms with E-state index in [1.54, 1.807) is 42.7 Å². The molecule has 0 atom stereocenters. The maximum atomic E-state index is 12.1. The Bertz CT molecular complexity index is 797. The van der Waals surface area contributed by atoms with Gasteiger partial charge in [0.2, 0.25) is 15.9 Å². The molecule has 1 N–H and O–H groups in total. The first kappa shape index (κ1) is 18.4. The fourth-order valence-corrected chi connectivity index (χ4v) is 2.97. The van der Waals surface area contributed by atoms with Crippen LogP contribution in [0.4, 0.5) is 0 Å². The van der Waals surface area contributed by atoms with Crippen LogP contribution in [0.2, 0.25) is 5.02 Å². The Morgan fingerprint density at radius 1 is 1.21 bits per heavy atom. The van der Waals surface area contributed by atoms with Crippen LogP contribution in [0.15, 0.2) is 48.8 Å². The predicted molar refractivity (Wildman–Crippen MR) is 92.8 cm³/mol. The quantitative estimate of drug-likeness (QED) is 0.809. The van der Waals surface area contributed by atoms with Gasteiger partial charge in [-0.1, -0.05) is 29.8 Å². The van der Waals surface area contributed by atoms with Gasteiger partial charge in [-0.15, -0.1) is 0 Å². The number of hydrogen-bond donors (Lipinski definition) is 1. The molecule has 0 spiro atoms. The zero-order chi connectivity index (χ0) is 17.6. The van der Waals surface area contributed by atoms with Gasteiger partial charge in [-0.25, -0.2) is 8.42 Å². The van der Waals surface area contributed by atoms with Gasteiger partial charge in [0.05, 0.1) is 12.8 Å². The summed E-state index contributed by atoms with van der Waals surface area (Å²) in [6.07, 6.45) is 4.23. The van der Waals surface area contributed by atoms with E-state index in [0.717, 1.165) is 21.7 Å². The average Bonchev–Trinajstić information content (AvgIpc) is 2.53. The van der Waals surface area contributed by atoms with E-state index in [9.17, 15) is 13.2 Å². The first-order valence-electron chi connectivity index (χ1n) is 7.20. The monoisotopic (exact) mass is 367 g/mol. The Morgan fingerprint density at radius 2 is 1.88 bits per heavy atom. The number of aromatic nitrogens is 1. The fourth-order valence-electron chi connectivity index (χ4n) is 2.03. The highest BCUT2D eigenvalue weighted by Gasteiger charge is 2.20. The van der Waals surface area contributed by atoms with Crippen molar-refractivity contribution >= 4 is 27.5 Å². The maximum Gasteiger partial charge on any atom is 0.235 e. The summed E-state index contributed by atoms with van der Waals surface area (Å²) in [5, 5.41) is 3.24. The Hall–Kier alpha value is -1.96. The molecule has 1 aromatic carbocycles. The molecule has 2 rings (SSSR count). The molecule has 128 valence electrons. The molecule has 0 unspecified atom stereocenters. The standard InChI is InChI=1S/C16H18ClN3O3S/c1-24(22,23)20(11-13-6-8-18-9-7-13)12-16(21)19-10-14-4-2-3-5-15(14)17/h2-9H,10-12H2,1H3,(H,19,21). The third kappa shape index (κ3) is 5.59. The number of amides is 1. The number of pyridine rings is 1. The molecule has 0 aliphatic heterocycles. The molecule has 0 aliphatic carbocycles. The van der Waals surface area contributed by atoms with Gasteiger partial charge >= 0.3 is 0 Å². The number of rotatable bonds is 7. The summed E-state index contributed by atoms with van der Waals surface area (Å²) in [6.45, 7) is 0.0951. The number of nitrogens with one attached hydrogen (secondary N) is 1. The number of benzene rings is 1. The average molecular weight is 368 g/mol. The van der Waals surface area contributed by atoms with Crippen molar-refractivity contribution in [1.82, 2.24) is 14.6 Å². The topological polar surface area (TPSA) is 79.4 Å². The van der Waals surface area contributed by atoms with Gasteiger partial charge < -0.3 is 5.32 Å². The molecule has 0 saturated heterocycles. The van der Waals surface area contributed by atoms with Crippen molar-refractivity contribution in [2.24, 2.45) is 0 Å². The first-order valence-corrected chi connectivity index (χ1v) is 9.43. The van der Waals surface area contributed by atoms with Crippen LogP contribution in [-0.4, -0.2) is 36.4 Å². The second-order valence-electron chi connectivity index (χ2n) is 5.25. The van der Waals surface area contributed by atoms with Crippen molar-refractivity contribution in [3.63, 3.8) is 0 Å². The normalized spacial score (nSPS) is 11.5. The van der Waals surface area contributed by atoms with Crippen LogP contribution in [0.5, 0.6) is 0 Å². The van der Waals surface area contributed by atoms with Crippen LogP contribution < -0.4 is 5.32 Å². The molecule has 0 bridgehead atoms. The number of sulfonamides is 1. The van der Waals surface area contributed by atoms with Crippen LogP contribution in [0.25, 0.3) is 0 Å². The van der Waals surface area contributed by atoms with Crippen LogP contribution >= 0.6 is 11.6 Å². The van der Waals surface area contributed by atoms with Crippen molar-refractivity contribution in [1.29, 1.82) is 0 Å². The maximum absolute atomic E-state index is 12.1. The molecule has 1 aromatic heterocycles. The number of halogens is 1. The lowest BCUT2D eigenvalue weighted by atomic mass is 10.2. The Labute approximate surface area is 146 Å². The van der Waals surface area contributed by atoms with Gasteiger partial charge in [0, 0.05) is 30.5 Å². The molecule has 0 saturated carbocycles. The largest absolute Gasteiger partial charge is 0.351 e. The lowest BCUT2D eigenvalue weighted by Crippen LogP contribution is -2.39. The summed E-state index contributed by atoms with van der Waals surface area (Å²) >= 11 is 6.03. The SMILES string of the molecule is CS(=O)(=O)N(CC(=O)NCc1ccccc1Cl)Cc1ccncc1. The van der Waals surface area contributed by atoms with E-state index in [-0.39, 0.29) is 19.6 Å². The molecule has 2 aromatic rings. The Morgan fingerprint density at radius 3 is 2.50 bits per heavy atom. The third-order valence-electron chi connectivity index (χ3n) is 3.33. The predicted octanol–water partition coefficient (Wildman–Crippen LogP) is 1.81. The summed E-state index contributed by atoms with van der Waals surface area (Å²) in [6, 6.07) is 10.6. The molecule has 1 amide bonds. The smallest absolute Gasteiger partial charge is 0.235 e. The summed E-state index contributed by atoms with van der Waals surface area (Å²) in [5.74, 6) is -0.394. The van der Waals surface area contributed by atoms with Gasteiger partial charge in [-0.3, -0.25) is 9.78 Å². The highest BCUT2D eigenvalue weighted by atomic mass is 35.5. The minimum atomic E-state index is -3.52. The van der Waals surface area contributed by atoms with E-state index in [1.165, 1.54) is 0 Å². The second kappa shape index (κ2) is 8.23. The van der Waals surface area contributed by atoms with Crippen molar-refractivity contribution < 1.29 is 13.2 Å². The Balaban J connectivity index is 1.99. The summed E-state index contributed by atoms with van der Waals surface area (Å²) in [7, 11) is -3.52. The van der Waals surface area contributed by atoms with E-state index in [4.69, 9.17) is 11.6 Å². The van der Waals surface area contributed by atoms with Crippen LogP contribution in [0, 0.1) is 0 Å². The number of carbonyl (C=O) groups is 1. The van der Waals surface area contributed by atoms with E-state index in [0.29, 0.717) is 5.02 Å². The molecule has 1 heterocycles. The zero-order valence-corrected chi connectivity index (χ0v) is 14.7. The van der Waals surface area contributed by atoms with E-state index in [2.05, 4.69) is 10.3 Å². The highest BCUT2D eigenvalue weighted by molar-refractivity contribution is 7.88. The summed E-state index contributed by atoms with van der Waals surface area (Å²) < 4.78 is 24.9.